The minimum atomic E-state index is -0.645. The van der Waals surface area contributed by atoms with Crippen LogP contribution in [-0.4, -0.2) is 17.0 Å². The number of nitro groups is 1. The number of nitriles is 1. The summed E-state index contributed by atoms with van der Waals surface area (Å²) in [6, 6.07) is 8.14. The molecule has 0 radical (unpaired) electrons. The summed E-state index contributed by atoms with van der Waals surface area (Å²) in [6.45, 7) is 0. The highest BCUT2D eigenvalue weighted by Crippen LogP contribution is 2.25. The van der Waals surface area contributed by atoms with Crippen LogP contribution < -0.4 is 10.6 Å². The second kappa shape index (κ2) is 5.83. The smallest absolute Gasteiger partial charge is 0.276 e. The van der Waals surface area contributed by atoms with Crippen molar-refractivity contribution in [2.45, 2.75) is 0 Å². The van der Waals surface area contributed by atoms with Gasteiger partial charge < -0.3 is 10.6 Å². The van der Waals surface area contributed by atoms with Crippen LogP contribution >= 0.6 is 0 Å². The summed E-state index contributed by atoms with van der Waals surface area (Å²) in [7, 11) is 1.57. The molecular weight excluding hydrogens is 277 g/mol. The predicted molar refractivity (Wildman–Crippen MR) is 74.8 cm³/mol. The maximum Gasteiger partial charge on any atom is 0.276 e. The molecule has 2 N–H and O–H groups in total. The van der Waals surface area contributed by atoms with E-state index in [4.69, 9.17) is 5.26 Å². The lowest BCUT2D eigenvalue weighted by molar-refractivity contribution is -0.384. The van der Waals surface area contributed by atoms with E-state index in [9.17, 15) is 14.5 Å². The maximum absolute atomic E-state index is 13.8. The Morgan fingerprint density at radius 1 is 1.33 bits per heavy atom. The zero-order valence-electron chi connectivity index (χ0n) is 10.9. The predicted octanol–water partition coefficient (Wildman–Crippen LogP) is 2.79. The van der Waals surface area contributed by atoms with E-state index in [2.05, 4.69) is 15.6 Å². The highest BCUT2D eigenvalue weighted by atomic mass is 19.1. The van der Waals surface area contributed by atoms with Gasteiger partial charge in [-0.25, -0.2) is 9.37 Å². The Morgan fingerprint density at radius 2 is 2.05 bits per heavy atom. The summed E-state index contributed by atoms with van der Waals surface area (Å²) in [5.41, 5.74) is 0.0796. The standard InChI is InChI=1S/C13H10FN5O2/c1-16-12-5-9(19(20)21)6-13(18-12)17-11-3-2-8(7-15)4-10(11)14/h2-6H,1H3,(H2,16,17,18). The molecule has 1 aromatic carbocycles. The van der Waals surface area contributed by atoms with E-state index in [1.807, 2.05) is 6.07 Å². The highest BCUT2D eigenvalue weighted by Gasteiger charge is 2.12. The monoisotopic (exact) mass is 287 g/mol. The number of aromatic nitrogens is 1. The zero-order chi connectivity index (χ0) is 15.4. The number of halogens is 1. The van der Waals surface area contributed by atoms with Gasteiger partial charge >= 0.3 is 0 Å². The maximum atomic E-state index is 13.8. The van der Waals surface area contributed by atoms with Crippen molar-refractivity contribution < 1.29 is 9.31 Å². The van der Waals surface area contributed by atoms with E-state index in [0.717, 1.165) is 6.07 Å². The van der Waals surface area contributed by atoms with Crippen LogP contribution in [0.3, 0.4) is 0 Å². The lowest BCUT2D eigenvalue weighted by atomic mass is 10.2. The summed E-state index contributed by atoms with van der Waals surface area (Å²) < 4.78 is 13.8. The first-order valence-corrected chi connectivity index (χ1v) is 5.84. The SMILES string of the molecule is CNc1cc([N+](=O)[O-])cc(Nc2ccc(C#N)cc2F)n1. The third-order valence-corrected chi connectivity index (χ3v) is 2.64. The molecule has 8 heteroatoms. The van der Waals surface area contributed by atoms with Crippen LogP contribution in [0.5, 0.6) is 0 Å². The fourth-order valence-electron chi connectivity index (χ4n) is 1.64. The molecule has 0 spiro atoms. The second-order valence-electron chi connectivity index (χ2n) is 4.03. The number of hydrogen-bond donors (Lipinski definition) is 2. The van der Waals surface area contributed by atoms with Crippen LogP contribution in [-0.2, 0) is 0 Å². The molecule has 0 amide bonds. The molecule has 0 fully saturated rings. The van der Waals surface area contributed by atoms with Gasteiger partial charge in [-0.1, -0.05) is 0 Å². The molecule has 1 aromatic heterocycles. The zero-order valence-corrected chi connectivity index (χ0v) is 10.9. The van der Waals surface area contributed by atoms with E-state index in [1.165, 1.54) is 24.3 Å². The molecule has 0 aliphatic heterocycles. The molecule has 106 valence electrons. The lowest BCUT2D eigenvalue weighted by Gasteiger charge is -2.08. The fourth-order valence-corrected chi connectivity index (χ4v) is 1.64. The van der Waals surface area contributed by atoms with Gasteiger partial charge in [0.2, 0.25) is 0 Å². The Labute approximate surface area is 119 Å². The molecule has 1 heterocycles. The fraction of sp³-hybridized carbons (Fsp3) is 0.0769. The molecule has 7 nitrogen and oxygen atoms in total. The van der Waals surface area contributed by atoms with Crippen LogP contribution in [0.4, 0.5) is 27.4 Å². The van der Waals surface area contributed by atoms with Crippen LogP contribution in [0, 0.1) is 27.3 Å². The topological polar surface area (TPSA) is 104 Å². The van der Waals surface area contributed by atoms with Crippen LogP contribution in [0.2, 0.25) is 0 Å². The normalized spacial score (nSPS) is 9.76. The van der Waals surface area contributed by atoms with Gasteiger partial charge in [0, 0.05) is 7.05 Å². The van der Waals surface area contributed by atoms with E-state index in [0.29, 0.717) is 0 Å². The van der Waals surface area contributed by atoms with Crippen molar-refractivity contribution >= 4 is 23.0 Å². The molecule has 0 unspecified atom stereocenters. The van der Waals surface area contributed by atoms with Gasteiger partial charge in [-0.15, -0.1) is 0 Å². The van der Waals surface area contributed by atoms with E-state index in [-0.39, 0.29) is 28.6 Å². The number of nitrogens with one attached hydrogen (secondary N) is 2. The molecule has 0 saturated carbocycles. The molecule has 0 bridgehead atoms. The Kier molecular flexibility index (Phi) is 3.95. The number of pyridine rings is 1. The van der Waals surface area contributed by atoms with Crippen LogP contribution in [0.1, 0.15) is 5.56 Å². The van der Waals surface area contributed by atoms with Crippen molar-refractivity contribution in [1.29, 1.82) is 5.26 Å². The van der Waals surface area contributed by atoms with Gasteiger partial charge in [-0.2, -0.15) is 5.26 Å². The van der Waals surface area contributed by atoms with E-state index < -0.39 is 10.7 Å². The van der Waals surface area contributed by atoms with Crippen LogP contribution in [0.25, 0.3) is 0 Å². The summed E-state index contributed by atoms with van der Waals surface area (Å²) >= 11 is 0. The quantitative estimate of drug-likeness (QED) is 0.662. The first-order valence-electron chi connectivity index (χ1n) is 5.84. The molecule has 2 aromatic rings. The number of nitrogens with zero attached hydrogens (tertiary/aromatic N) is 3. The number of anilines is 3. The minimum absolute atomic E-state index is 0.0732. The Morgan fingerprint density at radius 3 is 2.62 bits per heavy atom. The van der Waals surface area contributed by atoms with Crippen molar-refractivity contribution in [3.8, 4) is 6.07 Å². The lowest BCUT2D eigenvalue weighted by Crippen LogP contribution is -2.01. The molecule has 2 rings (SSSR count). The molecule has 0 aliphatic rings. The first-order chi connectivity index (χ1) is 10.0. The van der Waals surface area contributed by atoms with Crippen LogP contribution in [0.15, 0.2) is 30.3 Å². The van der Waals surface area contributed by atoms with Gasteiger partial charge in [-0.05, 0) is 18.2 Å². The van der Waals surface area contributed by atoms with Gasteiger partial charge in [0.1, 0.15) is 17.5 Å². The van der Waals surface area contributed by atoms with E-state index >= 15 is 0 Å². The summed E-state index contributed by atoms with van der Waals surface area (Å²) in [5, 5.41) is 24.9. The number of rotatable bonds is 4. The molecule has 21 heavy (non-hydrogen) atoms. The third-order valence-electron chi connectivity index (χ3n) is 2.64. The summed E-state index contributed by atoms with van der Waals surface area (Å²) in [6.07, 6.45) is 0. The van der Waals surface area contributed by atoms with Crippen molar-refractivity contribution in [1.82, 2.24) is 4.98 Å². The number of benzene rings is 1. The highest BCUT2D eigenvalue weighted by molar-refractivity contribution is 5.63. The number of hydrogen-bond acceptors (Lipinski definition) is 6. The van der Waals surface area contributed by atoms with Crippen molar-refractivity contribution in [3.63, 3.8) is 0 Å². The summed E-state index contributed by atoms with van der Waals surface area (Å²) in [5.74, 6) is -0.244. The average molecular weight is 287 g/mol. The average Bonchev–Trinajstić information content (AvgIpc) is 2.48. The van der Waals surface area contributed by atoms with Gasteiger partial charge in [0.05, 0.1) is 34.4 Å². The van der Waals surface area contributed by atoms with Gasteiger partial charge in [0.25, 0.3) is 5.69 Å². The third kappa shape index (κ3) is 3.22. The molecule has 0 aliphatic carbocycles. The van der Waals surface area contributed by atoms with Crippen molar-refractivity contribution in [2.75, 3.05) is 17.7 Å². The largest absolute Gasteiger partial charge is 0.373 e. The minimum Gasteiger partial charge on any atom is -0.373 e. The second-order valence-corrected chi connectivity index (χ2v) is 4.03. The Hall–Kier alpha value is -3.21. The Balaban J connectivity index is 2.37. The molecule has 0 saturated heterocycles. The first kappa shape index (κ1) is 14.2. The van der Waals surface area contributed by atoms with Crippen molar-refractivity contribution in [2.24, 2.45) is 0 Å². The van der Waals surface area contributed by atoms with E-state index in [1.54, 1.807) is 7.05 Å². The Bertz CT molecular complexity index is 742. The molecule has 0 atom stereocenters. The van der Waals surface area contributed by atoms with Gasteiger partial charge in [0.15, 0.2) is 0 Å². The molecular formula is C13H10FN5O2. The van der Waals surface area contributed by atoms with Gasteiger partial charge in [-0.3, -0.25) is 10.1 Å². The van der Waals surface area contributed by atoms with Crippen molar-refractivity contribution in [3.05, 3.63) is 51.8 Å². The summed E-state index contributed by atoms with van der Waals surface area (Å²) in [4.78, 5) is 14.3.